The van der Waals surface area contributed by atoms with Crippen molar-refractivity contribution in [1.82, 2.24) is 19.9 Å². The Kier molecular flexibility index (Phi) is 5.23. The summed E-state index contributed by atoms with van der Waals surface area (Å²) < 4.78 is 17.8. The highest BCUT2D eigenvalue weighted by molar-refractivity contribution is 5.93. The maximum atomic E-state index is 11.8. The van der Waals surface area contributed by atoms with Gasteiger partial charge in [-0.15, -0.1) is 0 Å². The average Bonchev–Trinajstić information content (AvgIpc) is 3.12. The van der Waals surface area contributed by atoms with Gasteiger partial charge in [-0.05, 0) is 23.8 Å². The molecular formula is C20H22N4O4. The van der Waals surface area contributed by atoms with E-state index in [-0.39, 0.29) is 12.0 Å². The lowest BCUT2D eigenvalue weighted by Gasteiger charge is -2.26. The van der Waals surface area contributed by atoms with Crippen LogP contribution in [-0.2, 0) is 22.6 Å². The Hall–Kier alpha value is -2.97. The number of nitrogens with zero attached hydrogens (tertiary/aromatic N) is 3. The maximum absolute atomic E-state index is 11.8. The molecule has 3 heterocycles. The molecule has 8 nitrogen and oxygen atoms in total. The van der Waals surface area contributed by atoms with Crippen LogP contribution in [0.3, 0.4) is 0 Å². The van der Waals surface area contributed by atoms with Crippen LogP contribution in [0.15, 0.2) is 36.5 Å². The van der Waals surface area contributed by atoms with E-state index >= 15 is 0 Å². The predicted molar refractivity (Wildman–Crippen MR) is 102 cm³/mol. The van der Waals surface area contributed by atoms with E-state index in [1.165, 1.54) is 7.11 Å². The number of pyridine rings is 1. The van der Waals surface area contributed by atoms with Gasteiger partial charge < -0.3 is 24.1 Å². The third-order valence-corrected chi connectivity index (χ3v) is 4.81. The smallest absolute Gasteiger partial charge is 0.337 e. The van der Waals surface area contributed by atoms with E-state index in [2.05, 4.69) is 19.9 Å². The van der Waals surface area contributed by atoms with Crippen LogP contribution in [0.5, 0.6) is 5.88 Å². The van der Waals surface area contributed by atoms with Crippen molar-refractivity contribution in [3.05, 3.63) is 53.5 Å². The van der Waals surface area contributed by atoms with Crippen molar-refractivity contribution < 1.29 is 19.0 Å². The van der Waals surface area contributed by atoms with Gasteiger partial charge in [-0.3, -0.25) is 0 Å². The molecule has 0 radical (unpaired) electrons. The summed E-state index contributed by atoms with van der Waals surface area (Å²) in [5, 5.41) is 3.46. The summed E-state index contributed by atoms with van der Waals surface area (Å²) in [6.07, 6.45) is 1.80. The quantitative estimate of drug-likeness (QED) is 0.653. The molecule has 0 saturated heterocycles. The van der Waals surface area contributed by atoms with Gasteiger partial charge in [0.2, 0.25) is 5.88 Å². The molecule has 1 aliphatic heterocycles. The van der Waals surface area contributed by atoms with Crippen molar-refractivity contribution in [2.75, 3.05) is 27.4 Å². The van der Waals surface area contributed by atoms with Crippen LogP contribution >= 0.6 is 0 Å². The molecule has 1 N–H and O–H groups in total. The number of esters is 1. The number of rotatable bonds is 6. The summed E-state index contributed by atoms with van der Waals surface area (Å²) in [7, 11) is 2.98. The first kappa shape index (κ1) is 18.4. The van der Waals surface area contributed by atoms with Crippen LogP contribution in [0, 0.1) is 0 Å². The second-order valence-corrected chi connectivity index (χ2v) is 6.60. The van der Waals surface area contributed by atoms with Gasteiger partial charge in [0.1, 0.15) is 12.4 Å². The minimum absolute atomic E-state index is 0.115. The molecule has 0 bridgehead atoms. The van der Waals surface area contributed by atoms with Gasteiger partial charge in [0, 0.05) is 25.4 Å². The van der Waals surface area contributed by atoms with E-state index < -0.39 is 0 Å². The molecule has 28 heavy (non-hydrogen) atoms. The zero-order valence-electron chi connectivity index (χ0n) is 15.8. The Balaban J connectivity index is 1.50. The van der Waals surface area contributed by atoms with Crippen molar-refractivity contribution in [3.8, 4) is 5.88 Å². The number of ether oxygens (including phenoxy) is 3. The first-order valence-electron chi connectivity index (χ1n) is 9.06. The van der Waals surface area contributed by atoms with Crippen molar-refractivity contribution in [3.63, 3.8) is 0 Å². The lowest BCUT2D eigenvalue weighted by molar-refractivity contribution is 0.0564. The highest BCUT2D eigenvalue weighted by Crippen LogP contribution is 2.26. The van der Waals surface area contributed by atoms with Gasteiger partial charge in [-0.2, -0.15) is 0 Å². The van der Waals surface area contributed by atoms with Gasteiger partial charge in [0.15, 0.2) is 0 Å². The van der Waals surface area contributed by atoms with Gasteiger partial charge in [-0.25, -0.2) is 14.8 Å². The molecule has 2 aromatic heterocycles. The van der Waals surface area contributed by atoms with Crippen LogP contribution in [0.25, 0.3) is 11.0 Å². The van der Waals surface area contributed by atoms with E-state index in [4.69, 9.17) is 14.2 Å². The van der Waals surface area contributed by atoms with E-state index in [1.54, 1.807) is 25.4 Å². The average molecular weight is 382 g/mol. The van der Waals surface area contributed by atoms with E-state index in [0.29, 0.717) is 31.2 Å². The zero-order chi connectivity index (χ0) is 19.5. The molecular weight excluding hydrogens is 360 g/mol. The molecule has 8 heteroatoms. The van der Waals surface area contributed by atoms with Crippen molar-refractivity contribution in [2.45, 2.75) is 19.2 Å². The van der Waals surface area contributed by atoms with Gasteiger partial charge in [-0.1, -0.05) is 6.07 Å². The first-order chi connectivity index (χ1) is 13.7. The molecule has 4 rings (SSSR count). The second kappa shape index (κ2) is 7.95. The molecule has 3 aromatic rings. The molecule has 0 amide bonds. The highest BCUT2D eigenvalue weighted by atomic mass is 16.5. The van der Waals surface area contributed by atoms with E-state index in [1.807, 2.05) is 18.2 Å². The molecule has 146 valence electrons. The molecule has 1 atom stereocenters. The number of carbonyl (C=O) groups excluding carboxylic acids is 1. The topological polar surface area (TPSA) is 87.5 Å². The number of imidazole rings is 1. The highest BCUT2D eigenvalue weighted by Gasteiger charge is 2.24. The monoisotopic (exact) mass is 382 g/mol. The number of methoxy groups -OCH3 is 2. The van der Waals surface area contributed by atoms with E-state index in [9.17, 15) is 4.79 Å². The fraction of sp³-hybridized carbons (Fsp3) is 0.350. The summed E-state index contributed by atoms with van der Waals surface area (Å²) >= 11 is 0. The van der Waals surface area contributed by atoms with Crippen LogP contribution in [0.1, 0.15) is 27.8 Å². The number of aromatic nitrogens is 3. The molecule has 0 saturated carbocycles. The standard InChI is InChI=1S/C20H22N4O4/c1-26-19-6-3-13(9-22-19)8-21-10-15-11-28-12-18-23-16-7-14(20(25)27-2)4-5-17(16)24(15)18/h3-7,9,15,21H,8,10-12H2,1-2H3. The lowest BCUT2D eigenvalue weighted by atomic mass is 10.2. The third-order valence-electron chi connectivity index (χ3n) is 4.81. The number of fused-ring (bicyclic) bond motifs is 3. The van der Waals surface area contributed by atoms with Crippen molar-refractivity contribution >= 4 is 17.0 Å². The minimum Gasteiger partial charge on any atom is -0.481 e. The summed E-state index contributed by atoms with van der Waals surface area (Å²) in [6.45, 7) is 2.48. The van der Waals surface area contributed by atoms with E-state index in [0.717, 1.165) is 29.0 Å². The number of hydrogen-bond donors (Lipinski definition) is 1. The zero-order valence-corrected chi connectivity index (χ0v) is 15.8. The summed E-state index contributed by atoms with van der Waals surface area (Å²) in [5.41, 5.74) is 3.33. The minimum atomic E-state index is -0.365. The number of carbonyl (C=O) groups is 1. The second-order valence-electron chi connectivity index (χ2n) is 6.60. The van der Waals surface area contributed by atoms with Gasteiger partial charge in [0.05, 0.1) is 43.5 Å². The Labute approximate surface area is 162 Å². The number of nitrogens with one attached hydrogen (secondary N) is 1. The maximum Gasteiger partial charge on any atom is 0.337 e. The summed E-state index contributed by atoms with van der Waals surface area (Å²) in [5.74, 6) is 1.10. The predicted octanol–water partition coefficient (Wildman–Crippen LogP) is 2.09. The Morgan fingerprint density at radius 1 is 1.32 bits per heavy atom. The SMILES string of the molecule is COC(=O)c1ccc2c(c1)nc1n2C(CNCc2ccc(OC)nc2)COC1. The van der Waals surface area contributed by atoms with Gasteiger partial charge >= 0.3 is 5.97 Å². The number of hydrogen-bond acceptors (Lipinski definition) is 7. The fourth-order valence-electron chi connectivity index (χ4n) is 3.43. The molecule has 1 aromatic carbocycles. The molecule has 0 aliphatic carbocycles. The molecule has 0 spiro atoms. The lowest BCUT2D eigenvalue weighted by Crippen LogP contribution is -2.32. The summed E-state index contributed by atoms with van der Waals surface area (Å²) in [4.78, 5) is 20.6. The summed E-state index contributed by atoms with van der Waals surface area (Å²) in [6, 6.07) is 9.41. The van der Waals surface area contributed by atoms with Crippen LogP contribution < -0.4 is 10.1 Å². The Morgan fingerprint density at radius 2 is 2.21 bits per heavy atom. The molecule has 1 aliphatic rings. The first-order valence-corrected chi connectivity index (χ1v) is 9.06. The largest absolute Gasteiger partial charge is 0.481 e. The molecule has 1 unspecified atom stereocenters. The Bertz CT molecular complexity index is 984. The Morgan fingerprint density at radius 3 is 2.96 bits per heavy atom. The number of benzene rings is 1. The van der Waals surface area contributed by atoms with Crippen molar-refractivity contribution in [1.29, 1.82) is 0 Å². The van der Waals surface area contributed by atoms with Crippen molar-refractivity contribution in [2.24, 2.45) is 0 Å². The fourth-order valence-corrected chi connectivity index (χ4v) is 3.43. The third kappa shape index (κ3) is 3.56. The van der Waals surface area contributed by atoms with Crippen LogP contribution in [-0.4, -0.2) is 47.9 Å². The van der Waals surface area contributed by atoms with Crippen LogP contribution in [0.2, 0.25) is 0 Å². The molecule has 0 fully saturated rings. The van der Waals surface area contributed by atoms with Gasteiger partial charge in [0.25, 0.3) is 0 Å². The van der Waals surface area contributed by atoms with Crippen LogP contribution in [0.4, 0.5) is 0 Å². The normalized spacial score (nSPS) is 16.0.